The summed E-state index contributed by atoms with van der Waals surface area (Å²) >= 11 is 0. The highest BCUT2D eigenvalue weighted by atomic mass is 15.1. The first-order valence-corrected chi connectivity index (χ1v) is 4.11. The van der Waals surface area contributed by atoms with E-state index in [1.54, 1.807) is 0 Å². The Morgan fingerprint density at radius 2 is 2.55 bits per heavy atom. The number of hydrogen-bond acceptors (Lipinski definition) is 2. The van der Waals surface area contributed by atoms with E-state index in [-0.39, 0.29) is 0 Å². The molecular formula is C8H13N3. The summed E-state index contributed by atoms with van der Waals surface area (Å²) in [6, 6.07) is 2.61. The minimum atomic E-state index is 0.500. The molecule has 1 aromatic rings. The lowest BCUT2D eigenvalue weighted by Crippen LogP contribution is -2.12. The molecule has 3 nitrogen and oxygen atoms in total. The summed E-state index contributed by atoms with van der Waals surface area (Å²) < 4.78 is 0. The van der Waals surface area contributed by atoms with Gasteiger partial charge in [-0.1, -0.05) is 0 Å². The molecule has 11 heavy (non-hydrogen) atoms. The summed E-state index contributed by atoms with van der Waals surface area (Å²) in [4.78, 5) is 0. The number of nitrogens with zero attached hydrogens (tertiary/aromatic N) is 1. The number of aromatic amines is 1. The lowest BCUT2D eigenvalue weighted by atomic mass is 10.1. The summed E-state index contributed by atoms with van der Waals surface area (Å²) in [5, 5.41) is 10.6. The predicted molar refractivity (Wildman–Crippen MR) is 43.3 cm³/mol. The van der Waals surface area contributed by atoms with Crippen molar-refractivity contribution in [2.24, 2.45) is 0 Å². The molecule has 1 saturated heterocycles. The van der Waals surface area contributed by atoms with E-state index in [9.17, 15) is 0 Å². The predicted octanol–water partition coefficient (Wildman–Crippen LogP) is 1.14. The molecule has 60 valence electrons. The zero-order chi connectivity index (χ0) is 7.68. The third-order valence-electron chi connectivity index (χ3n) is 2.14. The van der Waals surface area contributed by atoms with Crippen LogP contribution in [0.5, 0.6) is 0 Å². The standard InChI is InChI=1S/C8H13N3/c1-6-5-8(11-10-6)7-3-2-4-9-7/h5,7,9H,2-4H2,1H3,(H,10,11). The molecule has 0 aromatic carbocycles. The van der Waals surface area contributed by atoms with Gasteiger partial charge in [-0.15, -0.1) is 0 Å². The second kappa shape index (κ2) is 2.66. The molecule has 0 saturated carbocycles. The van der Waals surface area contributed by atoms with Crippen LogP contribution in [0.15, 0.2) is 6.07 Å². The molecule has 1 fully saturated rings. The van der Waals surface area contributed by atoms with Gasteiger partial charge in [-0.25, -0.2) is 0 Å². The summed E-state index contributed by atoms with van der Waals surface area (Å²) in [6.45, 7) is 3.17. The number of rotatable bonds is 1. The fourth-order valence-corrected chi connectivity index (χ4v) is 1.55. The molecular weight excluding hydrogens is 138 g/mol. The SMILES string of the molecule is Cc1cc(C2CCCN2)n[nH]1. The fourth-order valence-electron chi connectivity index (χ4n) is 1.55. The fraction of sp³-hybridized carbons (Fsp3) is 0.625. The Morgan fingerprint density at radius 3 is 3.09 bits per heavy atom. The zero-order valence-corrected chi connectivity index (χ0v) is 6.72. The molecule has 1 aliphatic heterocycles. The number of aryl methyl sites for hydroxylation is 1. The Kier molecular flexibility index (Phi) is 1.66. The molecule has 2 N–H and O–H groups in total. The van der Waals surface area contributed by atoms with Crippen molar-refractivity contribution in [2.45, 2.75) is 25.8 Å². The minimum absolute atomic E-state index is 0.500. The van der Waals surface area contributed by atoms with Crippen LogP contribution in [0.3, 0.4) is 0 Å². The molecule has 0 radical (unpaired) electrons. The van der Waals surface area contributed by atoms with Gasteiger partial charge in [0.2, 0.25) is 0 Å². The van der Waals surface area contributed by atoms with Gasteiger partial charge in [0.25, 0.3) is 0 Å². The van der Waals surface area contributed by atoms with Gasteiger partial charge in [0, 0.05) is 5.69 Å². The van der Waals surface area contributed by atoms with Crippen LogP contribution in [0.2, 0.25) is 0 Å². The first-order chi connectivity index (χ1) is 5.36. The Hall–Kier alpha value is -0.830. The topological polar surface area (TPSA) is 40.7 Å². The van der Waals surface area contributed by atoms with Crippen LogP contribution in [0.25, 0.3) is 0 Å². The maximum absolute atomic E-state index is 4.21. The first-order valence-electron chi connectivity index (χ1n) is 4.11. The second-order valence-electron chi connectivity index (χ2n) is 3.12. The average Bonchev–Trinajstić information content (AvgIpc) is 2.55. The number of hydrogen-bond donors (Lipinski definition) is 2. The van der Waals surface area contributed by atoms with Crippen molar-refractivity contribution >= 4 is 0 Å². The highest BCUT2D eigenvalue weighted by molar-refractivity contribution is 5.12. The monoisotopic (exact) mass is 151 g/mol. The van der Waals surface area contributed by atoms with E-state index in [1.807, 2.05) is 6.92 Å². The van der Waals surface area contributed by atoms with Gasteiger partial charge in [0.1, 0.15) is 0 Å². The van der Waals surface area contributed by atoms with Crippen molar-refractivity contribution in [3.8, 4) is 0 Å². The van der Waals surface area contributed by atoms with E-state index in [0.29, 0.717) is 6.04 Å². The first kappa shape index (κ1) is 6.85. The third-order valence-corrected chi connectivity index (χ3v) is 2.14. The maximum Gasteiger partial charge on any atom is 0.0794 e. The van der Waals surface area contributed by atoms with Crippen LogP contribution in [-0.4, -0.2) is 16.7 Å². The zero-order valence-electron chi connectivity index (χ0n) is 6.72. The van der Waals surface area contributed by atoms with Crippen LogP contribution in [-0.2, 0) is 0 Å². The van der Waals surface area contributed by atoms with E-state index >= 15 is 0 Å². The van der Waals surface area contributed by atoms with Gasteiger partial charge >= 0.3 is 0 Å². The van der Waals surface area contributed by atoms with Crippen molar-refractivity contribution in [3.63, 3.8) is 0 Å². The van der Waals surface area contributed by atoms with Crippen molar-refractivity contribution in [3.05, 3.63) is 17.5 Å². The van der Waals surface area contributed by atoms with Crippen LogP contribution >= 0.6 is 0 Å². The number of aromatic nitrogens is 2. The lowest BCUT2D eigenvalue weighted by molar-refractivity contribution is 0.625. The normalized spacial score (nSPS) is 24.3. The van der Waals surface area contributed by atoms with E-state index in [2.05, 4.69) is 21.6 Å². The molecule has 2 heterocycles. The summed E-state index contributed by atoms with van der Waals surface area (Å²) in [7, 11) is 0. The smallest absolute Gasteiger partial charge is 0.0794 e. The van der Waals surface area contributed by atoms with Crippen molar-refractivity contribution < 1.29 is 0 Å². The minimum Gasteiger partial charge on any atom is -0.309 e. The molecule has 2 rings (SSSR count). The van der Waals surface area contributed by atoms with Crippen molar-refractivity contribution in [2.75, 3.05) is 6.54 Å². The lowest BCUT2D eigenvalue weighted by Gasteiger charge is -2.03. The van der Waals surface area contributed by atoms with E-state index in [1.165, 1.54) is 18.5 Å². The molecule has 1 aromatic heterocycles. The highest BCUT2D eigenvalue weighted by Crippen LogP contribution is 2.20. The van der Waals surface area contributed by atoms with Gasteiger partial charge in [-0.05, 0) is 32.4 Å². The van der Waals surface area contributed by atoms with Gasteiger partial charge in [-0.2, -0.15) is 5.10 Å². The Bertz CT molecular complexity index is 235. The van der Waals surface area contributed by atoms with Crippen molar-refractivity contribution in [1.29, 1.82) is 0 Å². The van der Waals surface area contributed by atoms with E-state index in [0.717, 1.165) is 12.2 Å². The number of nitrogens with one attached hydrogen (secondary N) is 2. The van der Waals surface area contributed by atoms with Crippen molar-refractivity contribution in [1.82, 2.24) is 15.5 Å². The van der Waals surface area contributed by atoms with Gasteiger partial charge in [-0.3, -0.25) is 5.10 Å². The Morgan fingerprint density at radius 1 is 1.64 bits per heavy atom. The van der Waals surface area contributed by atoms with Gasteiger partial charge in [0.15, 0.2) is 0 Å². The Balaban J connectivity index is 2.15. The van der Waals surface area contributed by atoms with Crippen LogP contribution < -0.4 is 5.32 Å². The molecule has 1 aliphatic rings. The van der Waals surface area contributed by atoms with Crippen LogP contribution in [0.1, 0.15) is 30.3 Å². The van der Waals surface area contributed by atoms with Crippen LogP contribution in [0.4, 0.5) is 0 Å². The molecule has 3 heteroatoms. The molecule has 0 aliphatic carbocycles. The summed E-state index contributed by atoms with van der Waals surface area (Å²) in [5.74, 6) is 0. The highest BCUT2D eigenvalue weighted by Gasteiger charge is 2.17. The van der Waals surface area contributed by atoms with Gasteiger partial charge in [0.05, 0.1) is 11.7 Å². The molecule has 0 spiro atoms. The third kappa shape index (κ3) is 1.28. The molecule has 0 bridgehead atoms. The summed E-state index contributed by atoms with van der Waals surface area (Å²) in [5.41, 5.74) is 2.31. The van der Waals surface area contributed by atoms with Crippen LogP contribution in [0, 0.1) is 6.92 Å². The van der Waals surface area contributed by atoms with Gasteiger partial charge < -0.3 is 5.32 Å². The van der Waals surface area contributed by atoms with E-state index in [4.69, 9.17) is 0 Å². The molecule has 0 amide bonds. The van der Waals surface area contributed by atoms with E-state index < -0.39 is 0 Å². The molecule has 1 atom stereocenters. The number of H-pyrrole nitrogens is 1. The largest absolute Gasteiger partial charge is 0.309 e. The Labute approximate surface area is 66.2 Å². The summed E-state index contributed by atoms with van der Waals surface area (Å²) in [6.07, 6.45) is 2.50. The average molecular weight is 151 g/mol. The second-order valence-corrected chi connectivity index (χ2v) is 3.12. The molecule has 1 unspecified atom stereocenters. The maximum atomic E-state index is 4.21. The quantitative estimate of drug-likeness (QED) is 0.632.